The fourth-order valence-electron chi connectivity index (χ4n) is 4.39. The van der Waals surface area contributed by atoms with Crippen LogP contribution in [0.25, 0.3) is 11.0 Å². The Morgan fingerprint density at radius 3 is 3.12 bits per heavy atom. The Hall–Kier alpha value is -2.97. The summed E-state index contributed by atoms with van der Waals surface area (Å²) >= 11 is 0. The number of nitrogens with zero attached hydrogens (tertiary/aromatic N) is 6. The molecule has 3 aliphatic rings. The molecule has 3 atom stereocenters. The van der Waals surface area contributed by atoms with Crippen molar-refractivity contribution in [2.45, 2.75) is 37.9 Å². The number of hydrogen-bond donors (Lipinski definition) is 2. The van der Waals surface area contributed by atoms with Crippen molar-refractivity contribution in [2.75, 3.05) is 11.4 Å². The van der Waals surface area contributed by atoms with Crippen LogP contribution in [-0.4, -0.2) is 54.3 Å². The summed E-state index contributed by atoms with van der Waals surface area (Å²) in [7, 11) is 0. The number of rotatable bonds is 4. The Bertz CT molecular complexity index is 920. The van der Waals surface area contributed by atoms with E-state index in [1.165, 1.54) is 12.7 Å². The predicted octanol–water partition coefficient (Wildman–Crippen LogP) is 0.723. The van der Waals surface area contributed by atoms with Crippen LogP contribution in [0.5, 0.6) is 0 Å². The molecule has 6 rings (SSSR count). The largest absolute Gasteiger partial charge is 0.351 e. The molecular weight excluding hydrogens is 332 g/mol. The predicted molar refractivity (Wildman–Crippen MR) is 94.3 cm³/mol. The van der Waals surface area contributed by atoms with Crippen molar-refractivity contribution in [3.05, 3.63) is 31.2 Å². The Labute approximate surface area is 149 Å². The van der Waals surface area contributed by atoms with Gasteiger partial charge in [-0.05, 0) is 31.2 Å². The lowest BCUT2D eigenvalue weighted by Gasteiger charge is -2.50. The highest BCUT2D eigenvalue weighted by Crippen LogP contribution is 2.39. The van der Waals surface area contributed by atoms with E-state index in [2.05, 4.69) is 35.3 Å². The molecule has 9 nitrogen and oxygen atoms in total. The van der Waals surface area contributed by atoms with Crippen LogP contribution >= 0.6 is 0 Å². The summed E-state index contributed by atoms with van der Waals surface area (Å²) in [5, 5.41) is 8.25. The number of carbonyl (C=O) groups is 1. The summed E-state index contributed by atoms with van der Waals surface area (Å²) in [5.41, 5.74) is 0.850. The fourth-order valence-corrected chi connectivity index (χ4v) is 4.39. The van der Waals surface area contributed by atoms with Gasteiger partial charge in [-0.1, -0.05) is 0 Å². The van der Waals surface area contributed by atoms with Crippen LogP contribution in [0.15, 0.2) is 31.2 Å². The molecule has 2 saturated heterocycles. The van der Waals surface area contributed by atoms with Crippen LogP contribution in [0.4, 0.5) is 5.82 Å². The first-order valence-corrected chi connectivity index (χ1v) is 8.94. The molecule has 0 aromatic carbocycles. The molecule has 9 heteroatoms. The van der Waals surface area contributed by atoms with Gasteiger partial charge in [-0.2, -0.15) is 5.10 Å². The van der Waals surface area contributed by atoms with Gasteiger partial charge in [0.25, 0.3) is 0 Å². The van der Waals surface area contributed by atoms with Crippen molar-refractivity contribution >= 4 is 22.8 Å². The van der Waals surface area contributed by atoms with E-state index < -0.39 is 0 Å². The molecule has 0 radical (unpaired) electrons. The first-order chi connectivity index (χ1) is 12.8. The number of fused-ring (bicyclic) bond motifs is 4. The highest BCUT2D eigenvalue weighted by atomic mass is 16.2. The van der Waals surface area contributed by atoms with E-state index in [0.717, 1.165) is 36.2 Å². The third-order valence-electron chi connectivity index (χ3n) is 5.50. The molecule has 2 N–H and O–H groups in total. The minimum Gasteiger partial charge on any atom is -0.351 e. The Morgan fingerprint density at radius 1 is 1.31 bits per heavy atom. The first-order valence-electron chi connectivity index (χ1n) is 8.94. The zero-order valence-electron chi connectivity index (χ0n) is 14.2. The fraction of sp³-hybridized carbons (Fsp3) is 0.471. The average Bonchev–Trinajstić information content (AvgIpc) is 3.33. The summed E-state index contributed by atoms with van der Waals surface area (Å²) in [6.07, 6.45) is 9.78. The van der Waals surface area contributed by atoms with Crippen molar-refractivity contribution in [2.24, 2.45) is 5.92 Å². The number of carbonyl (C=O) groups excluding carboxylic acids is 1. The van der Waals surface area contributed by atoms with Gasteiger partial charge in [0.1, 0.15) is 37.0 Å². The van der Waals surface area contributed by atoms with Crippen LogP contribution in [0.3, 0.4) is 0 Å². The third kappa shape index (κ3) is 2.59. The lowest BCUT2D eigenvalue weighted by Crippen LogP contribution is -2.61. The molecule has 0 spiro atoms. The number of H-pyrrole nitrogens is 1. The van der Waals surface area contributed by atoms with E-state index >= 15 is 0 Å². The maximum atomic E-state index is 12.4. The van der Waals surface area contributed by atoms with Gasteiger partial charge in [-0.25, -0.2) is 19.6 Å². The zero-order chi connectivity index (χ0) is 17.5. The molecule has 5 heterocycles. The van der Waals surface area contributed by atoms with Gasteiger partial charge in [0, 0.05) is 18.8 Å². The molecule has 1 saturated carbocycles. The maximum absolute atomic E-state index is 12.4. The lowest BCUT2D eigenvalue weighted by atomic mass is 9.76. The van der Waals surface area contributed by atoms with Gasteiger partial charge < -0.3 is 15.2 Å². The number of piperidine rings is 2. The highest BCUT2D eigenvalue weighted by Gasteiger charge is 2.42. The maximum Gasteiger partial charge on any atom is 0.242 e. The summed E-state index contributed by atoms with van der Waals surface area (Å²) in [5.74, 6) is 1.50. The van der Waals surface area contributed by atoms with Crippen LogP contribution in [0.2, 0.25) is 0 Å². The smallest absolute Gasteiger partial charge is 0.242 e. The monoisotopic (exact) mass is 352 g/mol. The summed E-state index contributed by atoms with van der Waals surface area (Å²) in [6.45, 7) is 1.18. The van der Waals surface area contributed by atoms with Crippen molar-refractivity contribution in [1.29, 1.82) is 0 Å². The number of hydrogen-bond acceptors (Lipinski definition) is 6. The number of amides is 1. The van der Waals surface area contributed by atoms with E-state index in [1.54, 1.807) is 17.3 Å². The van der Waals surface area contributed by atoms with Gasteiger partial charge in [-0.3, -0.25) is 4.79 Å². The minimum atomic E-state index is -0.0255. The molecule has 3 unspecified atom stereocenters. The molecule has 2 aliphatic heterocycles. The Kier molecular flexibility index (Phi) is 3.58. The minimum absolute atomic E-state index is 0.0255. The number of aromatic amines is 1. The van der Waals surface area contributed by atoms with Crippen molar-refractivity contribution in [3.8, 4) is 0 Å². The SMILES string of the molecule is O=C(Cn1cncn1)NC1CC2CCC1N(c1ncnc3[nH]ccc13)C2. The van der Waals surface area contributed by atoms with Gasteiger partial charge >= 0.3 is 0 Å². The van der Waals surface area contributed by atoms with Gasteiger partial charge in [-0.15, -0.1) is 0 Å². The molecule has 1 aliphatic carbocycles. The Balaban J connectivity index is 1.38. The van der Waals surface area contributed by atoms with E-state index in [0.29, 0.717) is 5.92 Å². The Morgan fingerprint density at radius 2 is 2.27 bits per heavy atom. The normalized spacial score (nSPS) is 24.9. The quantitative estimate of drug-likeness (QED) is 0.717. The van der Waals surface area contributed by atoms with Gasteiger partial charge in [0.05, 0.1) is 11.4 Å². The molecule has 134 valence electrons. The van der Waals surface area contributed by atoms with E-state index in [9.17, 15) is 4.79 Å². The van der Waals surface area contributed by atoms with Crippen molar-refractivity contribution in [1.82, 2.24) is 35.0 Å². The van der Waals surface area contributed by atoms with E-state index in [4.69, 9.17) is 0 Å². The van der Waals surface area contributed by atoms with Crippen LogP contribution in [0.1, 0.15) is 19.3 Å². The average molecular weight is 352 g/mol. The molecule has 3 aromatic heterocycles. The summed E-state index contributed by atoms with van der Waals surface area (Å²) in [4.78, 5) is 30.7. The molecular formula is C17H20N8O. The van der Waals surface area contributed by atoms with Crippen LogP contribution in [-0.2, 0) is 11.3 Å². The van der Waals surface area contributed by atoms with Crippen molar-refractivity contribution < 1.29 is 4.79 Å². The number of aromatic nitrogens is 6. The topological polar surface area (TPSA) is 105 Å². The van der Waals surface area contributed by atoms with Gasteiger partial charge in [0.2, 0.25) is 5.91 Å². The molecule has 26 heavy (non-hydrogen) atoms. The second-order valence-corrected chi connectivity index (χ2v) is 7.10. The summed E-state index contributed by atoms with van der Waals surface area (Å²) in [6, 6.07) is 2.40. The standard InChI is InChI=1S/C17H20N8O/c26-15(7-24-10-18-8-22-24)23-13-5-11-1-2-14(13)25(6-11)17-12-3-4-19-16(12)20-9-21-17/h3-4,8-11,13-14H,1-2,5-7H2,(H,23,26)(H,19,20,21). The second kappa shape index (κ2) is 6.08. The van der Waals surface area contributed by atoms with Crippen LogP contribution < -0.4 is 10.2 Å². The molecule has 3 aromatic rings. The summed E-state index contributed by atoms with van der Waals surface area (Å²) < 4.78 is 1.54. The van der Waals surface area contributed by atoms with E-state index in [1.807, 2.05) is 12.3 Å². The lowest BCUT2D eigenvalue weighted by molar-refractivity contribution is -0.123. The zero-order valence-corrected chi connectivity index (χ0v) is 14.2. The number of anilines is 1. The second-order valence-electron chi connectivity index (χ2n) is 7.10. The van der Waals surface area contributed by atoms with E-state index in [-0.39, 0.29) is 24.5 Å². The third-order valence-corrected chi connectivity index (χ3v) is 5.50. The molecule has 2 bridgehead atoms. The number of nitrogens with one attached hydrogen (secondary N) is 2. The first kappa shape index (κ1) is 15.3. The van der Waals surface area contributed by atoms with Crippen molar-refractivity contribution in [3.63, 3.8) is 0 Å². The van der Waals surface area contributed by atoms with Gasteiger partial charge in [0.15, 0.2) is 0 Å². The molecule has 1 amide bonds. The molecule has 3 fully saturated rings. The van der Waals surface area contributed by atoms with Crippen LogP contribution in [0, 0.1) is 5.92 Å². The highest BCUT2D eigenvalue weighted by molar-refractivity contribution is 5.87.